The molecule has 0 saturated heterocycles. The second kappa shape index (κ2) is 8.01. The van der Waals surface area contributed by atoms with Crippen molar-refractivity contribution < 1.29 is 14.6 Å². The van der Waals surface area contributed by atoms with Crippen molar-refractivity contribution in [3.63, 3.8) is 0 Å². The second-order valence-corrected chi connectivity index (χ2v) is 5.00. The van der Waals surface area contributed by atoms with Gasteiger partial charge in [-0.2, -0.15) is 11.8 Å². The molecule has 0 unspecified atom stereocenters. The zero-order valence-electron chi connectivity index (χ0n) is 10.0. The van der Waals surface area contributed by atoms with Crippen LogP contribution < -0.4 is 4.74 Å². The summed E-state index contributed by atoms with van der Waals surface area (Å²) in [6, 6.07) is 7.98. The van der Waals surface area contributed by atoms with Gasteiger partial charge in [0.1, 0.15) is 5.75 Å². The molecule has 0 atom stereocenters. The molecule has 0 fully saturated rings. The fraction of sp³-hybridized carbons (Fsp3) is 0.462. The van der Waals surface area contributed by atoms with E-state index >= 15 is 0 Å². The smallest absolute Gasteiger partial charge is 0.304 e. The summed E-state index contributed by atoms with van der Waals surface area (Å²) in [5, 5.41) is 8.45. The third-order valence-corrected chi connectivity index (χ3v) is 3.22. The van der Waals surface area contributed by atoms with Crippen molar-refractivity contribution in [1.29, 1.82) is 0 Å². The fourth-order valence-electron chi connectivity index (χ4n) is 1.32. The Morgan fingerprint density at radius 1 is 1.41 bits per heavy atom. The van der Waals surface area contributed by atoms with Gasteiger partial charge in [-0.05, 0) is 36.8 Å². The van der Waals surface area contributed by atoms with E-state index in [4.69, 9.17) is 9.84 Å². The molecule has 0 aliphatic heterocycles. The van der Waals surface area contributed by atoms with Gasteiger partial charge in [0.2, 0.25) is 0 Å². The lowest BCUT2D eigenvalue weighted by atomic mass is 10.2. The highest BCUT2D eigenvalue weighted by Crippen LogP contribution is 2.13. The van der Waals surface area contributed by atoms with Gasteiger partial charge in [-0.15, -0.1) is 0 Å². The van der Waals surface area contributed by atoms with E-state index in [0.717, 1.165) is 17.9 Å². The number of aliphatic carboxylic acids is 1. The Kier molecular flexibility index (Phi) is 6.55. The predicted molar refractivity (Wildman–Crippen MR) is 70.9 cm³/mol. The molecular formula is C13H18O3S. The molecule has 17 heavy (non-hydrogen) atoms. The summed E-state index contributed by atoms with van der Waals surface area (Å²) >= 11 is 1.66. The van der Waals surface area contributed by atoms with Crippen molar-refractivity contribution in [3.8, 4) is 5.75 Å². The molecule has 0 radical (unpaired) electrons. The van der Waals surface area contributed by atoms with Crippen LogP contribution >= 0.6 is 11.8 Å². The van der Waals surface area contributed by atoms with Crippen LogP contribution in [0, 0.1) is 6.92 Å². The van der Waals surface area contributed by atoms with Crippen molar-refractivity contribution in [1.82, 2.24) is 0 Å². The van der Waals surface area contributed by atoms with E-state index in [0.29, 0.717) is 12.4 Å². The van der Waals surface area contributed by atoms with Gasteiger partial charge in [-0.25, -0.2) is 0 Å². The van der Waals surface area contributed by atoms with Gasteiger partial charge in [0.25, 0.3) is 0 Å². The van der Waals surface area contributed by atoms with Gasteiger partial charge in [-0.1, -0.05) is 12.1 Å². The lowest BCUT2D eigenvalue weighted by Crippen LogP contribution is -2.00. The molecule has 0 saturated carbocycles. The minimum Gasteiger partial charge on any atom is -0.494 e. The quantitative estimate of drug-likeness (QED) is 0.724. The van der Waals surface area contributed by atoms with Gasteiger partial charge in [-0.3, -0.25) is 4.79 Å². The number of aryl methyl sites for hydroxylation is 1. The fourth-order valence-corrected chi connectivity index (χ4v) is 2.16. The highest BCUT2D eigenvalue weighted by atomic mass is 32.2. The lowest BCUT2D eigenvalue weighted by molar-refractivity contribution is -0.136. The summed E-state index contributed by atoms with van der Waals surface area (Å²) in [6.07, 6.45) is 1.18. The zero-order chi connectivity index (χ0) is 12.5. The van der Waals surface area contributed by atoms with Gasteiger partial charge >= 0.3 is 5.97 Å². The maximum absolute atomic E-state index is 10.3. The molecule has 1 N–H and O–H groups in total. The molecule has 1 aromatic carbocycles. The summed E-state index contributed by atoms with van der Waals surface area (Å²) < 4.78 is 5.58. The molecule has 94 valence electrons. The number of carbonyl (C=O) groups is 1. The Morgan fingerprint density at radius 3 is 2.94 bits per heavy atom. The Labute approximate surface area is 106 Å². The third-order valence-electron chi connectivity index (χ3n) is 2.15. The average molecular weight is 254 g/mol. The second-order valence-electron chi connectivity index (χ2n) is 3.77. The summed E-state index contributed by atoms with van der Waals surface area (Å²) in [4.78, 5) is 10.3. The van der Waals surface area contributed by atoms with Crippen LogP contribution in [0.1, 0.15) is 18.4 Å². The van der Waals surface area contributed by atoms with E-state index in [1.807, 2.05) is 31.2 Å². The number of rotatable bonds is 8. The van der Waals surface area contributed by atoms with Crippen LogP contribution in [0.2, 0.25) is 0 Å². The molecular weight excluding hydrogens is 236 g/mol. The van der Waals surface area contributed by atoms with Crippen LogP contribution in [0.4, 0.5) is 0 Å². The maximum atomic E-state index is 10.3. The Morgan fingerprint density at radius 2 is 2.24 bits per heavy atom. The van der Waals surface area contributed by atoms with E-state index in [9.17, 15) is 4.79 Å². The van der Waals surface area contributed by atoms with Crippen LogP contribution in [0.15, 0.2) is 24.3 Å². The molecule has 0 spiro atoms. The highest BCUT2D eigenvalue weighted by molar-refractivity contribution is 7.99. The Bertz CT molecular complexity index is 352. The number of ether oxygens (including phenoxy) is 1. The SMILES string of the molecule is Cc1cccc(OCCCSCCC(=O)O)c1. The summed E-state index contributed by atoms with van der Waals surface area (Å²) in [5.41, 5.74) is 1.19. The van der Waals surface area contributed by atoms with Gasteiger partial charge in [0.05, 0.1) is 13.0 Å². The number of hydrogen-bond donors (Lipinski definition) is 1. The van der Waals surface area contributed by atoms with Crippen molar-refractivity contribution in [3.05, 3.63) is 29.8 Å². The molecule has 0 heterocycles. The van der Waals surface area contributed by atoms with Gasteiger partial charge < -0.3 is 9.84 Å². The minimum absolute atomic E-state index is 0.239. The summed E-state index contributed by atoms with van der Waals surface area (Å²) in [6.45, 7) is 2.72. The first-order chi connectivity index (χ1) is 8.18. The van der Waals surface area contributed by atoms with Crippen molar-refractivity contribution in [2.45, 2.75) is 19.8 Å². The molecule has 4 heteroatoms. The highest BCUT2D eigenvalue weighted by Gasteiger charge is 1.97. The molecule has 0 aliphatic rings. The van der Waals surface area contributed by atoms with Crippen molar-refractivity contribution in [2.75, 3.05) is 18.1 Å². The molecule has 0 aliphatic carbocycles. The number of carboxylic acid groups (broad SMARTS) is 1. The van der Waals surface area contributed by atoms with E-state index in [2.05, 4.69) is 0 Å². The first-order valence-corrected chi connectivity index (χ1v) is 6.83. The van der Waals surface area contributed by atoms with Gasteiger partial charge in [0.15, 0.2) is 0 Å². The Balaban J connectivity index is 2.03. The van der Waals surface area contributed by atoms with Crippen LogP contribution in [0.25, 0.3) is 0 Å². The summed E-state index contributed by atoms with van der Waals surface area (Å²) in [5.74, 6) is 1.80. The van der Waals surface area contributed by atoms with Gasteiger partial charge in [0, 0.05) is 5.75 Å². The Hall–Kier alpha value is -1.16. The molecule has 1 rings (SSSR count). The molecule has 3 nitrogen and oxygen atoms in total. The number of benzene rings is 1. The van der Waals surface area contributed by atoms with Crippen molar-refractivity contribution in [2.24, 2.45) is 0 Å². The zero-order valence-corrected chi connectivity index (χ0v) is 10.8. The number of thioether (sulfide) groups is 1. The molecule has 1 aromatic rings. The van der Waals surface area contributed by atoms with E-state index in [-0.39, 0.29) is 6.42 Å². The van der Waals surface area contributed by atoms with E-state index < -0.39 is 5.97 Å². The topological polar surface area (TPSA) is 46.5 Å². The lowest BCUT2D eigenvalue weighted by Gasteiger charge is -2.06. The van der Waals surface area contributed by atoms with Crippen LogP contribution in [0.5, 0.6) is 5.75 Å². The summed E-state index contributed by atoms with van der Waals surface area (Å²) in [7, 11) is 0. The first kappa shape index (κ1) is 13.9. The van der Waals surface area contributed by atoms with Crippen LogP contribution in [-0.2, 0) is 4.79 Å². The normalized spacial score (nSPS) is 10.2. The maximum Gasteiger partial charge on any atom is 0.304 e. The predicted octanol–water partition coefficient (Wildman–Crippen LogP) is 2.97. The first-order valence-electron chi connectivity index (χ1n) is 5.67. The standard InChI is InChI=1S/C13H18O3S/c1-11-4-2-5-12(10-11)16-7-3-8-17-9-6-13(14)15/h2,4-5,10H,3,6-9H2,1H3,(H,14,15). The largest absolute Gasteiger partial charge is 0.494 e. The number of carboxylic acids is 1. The van der Waals surface area contributed by atoms with Crippen molar-refractivity contribution >= 4 is 17.7 Å². The molecule has 0 amide bonds. The minimum atomic E-state index is -0.728. The monoisotopic (exact) mass is 254 g/mol. The van der Waals surface area contributed by atoms with E-state index in [1.54, 1.807) is 11.8 Å². The molecule has 0 aromatic heterocycles. The van der Waals surface area contributed by atoms with Crippen LogP contribution in [0.3, 0.4) is 0 Å². The van der Waals surface area contributed by atoms with E-state index in [1.165, 1.54) is 5.56 Å². The number of hydrogen-bond acceptors (Lipinski definition) is 3. The van der Waals surface area contributed by atoms with Crippen LogP contribution in [-0.4, -0.2) is 29.2 Å². The molecule has 0 bridgehead atoms. The average Bonchev–Trinajstić information content (AvgIpc) is 2.27. The third kappa shape index (κ3) is 6.89.